The normalized spacial score (nSPS) is 38.2. The molecule has 2 bridgehead atoms. The Bertz CT molecular complexity index is 346. The van der Waals surface area contributed by atoms with Gasteiger partial charge in [-0.3, -0.25) is 5.43 Å². The van der Waals surface area contributed by atoms with Crippen molar-refractivity contribution in [1.82, 2.24) is 5.43 Å². The third kappa shape index (κ3) is 1.27. The molecular weight excluding hydrogens is 184 g/mol. The van der Waals surface area contributed by atoms with Gasteiger partial charge in [-0.25, -0.2) is 0 Å². The minimum Gasteiger partial charge on any atom is -0.286 e. The van der Waals surface area contributed by atoms with Gasteiger partial charge in [-0.05, 0) is 36.7 Å². The molecule has 2 fully saturated rings. The average Bonchev–Trinajstić information content (AvgIpc) is 2.76. The molecule has 1 aliphatic heterocycles. The van der Waals surface area contributed by atoms with Gasteiger partial charge in [0.25, 0.3) is 0 Å². The van der Waals surface area contributed by atoms with Gasteiger partial charge in [0.2, 0.25) is 0 Å². The van der Waals surface area contributed by atoms with E-state index in [2.05, 4.69) is 37.5 Å². The monoisotopic (exact) mass is 204 g/mol. The van der Waals surface area contributed by atoms with E-state index in [4.69, 9.17) is 0 Å². The first-order valence-corrected chi connectivity index (χ1v) is 6.11. The Hall–Kier alpha value is -0.790. The fourth-order valence-electron chi connectivity index (χ4n) is 3.62. The van der Waals surface area contributed by atoms with Crippen LogP contribution in [0.5, 0.6) is 0 Å². The van der Waals surface area contributed by atoms with Crippen molar-refractivity contribution in [2.24, 2.45) is 28.3 Å². The van der Waals surface area contributed by atoms with Crippen LogP contribution in [-0.2, 0) is 0 Å². The van der Waals surface area contributed by atoms with Crippen LogP contribution in [0.4, 0.5) is 0 Å². The van der Waals surface area contributed by atoms with Crippen molar-refractivity contribution in [3.05, 3.63) is 11.8 Å². The molecule has 82 valence electrons. The smallest absolute Gasteiger partial charge is 0.0510 e. The lowest BCUT2D eigenvalue weighted by molar-refractivity contribution is 0.438. The Balaban J connectivity index is 1.98. The molecule has 0 spiro atoms. The van der Waals surface area contributed by atoms with Gasteiger partial charge in [-0.2, -0.15) is 5.10 Å². The molecule has 2 aliphatic carbocycles. The van der Waals surface area contributed by atoms with E-state index in [9.17, 15) is 0 Å². The number of allylic oxidation sites excluding steroid dienone is 1. The Labute approximate surface area is 91.8 Å². The topological polar surface area (TPSA) is 24.4 Å². The van der Waals surface area contributed by atoms with Crippen LogP contribution in [0.1, 0.15) is 40.0 Å². The molecule has 2 nitrogen and oxygen atoms in total. The van der Waals surface area contributed by atoms with Gasteiger partial charge in [0.1, 0.15) is 0 Å². The van der Waals surface area contributed by atoms with Crippen LogP contribution in [0.15, 0.2) is 16.9 Å². The first-order chi connectivity index (χ1) is 7.07. The lowest BCUT2D eigenvalue weighted by Gasteiger charge is -2.35. The highest BCUT2D eigenvalue weighted by molar-refractivity contribution is 5.94. The maximum absolute atomic E-state index is 4.55. The molecule has 3 aliphatic rings. The number of fused-ring (bicyclic) bond motifs is 5. The van der Waals surface area contributed by atoms with Crippen LogP contribution >= 0.6 is 0 Å². The highest BCUT2D eigenvalue weighted by Crippen LogP contribution is 2.54. The van der Waals surface area contributed by atoms with Gasteiger partial charge in [-0.1, -0.05) is 20.8 Å². The van der Waals surface area contributed by atoms with Gasteiger partial charge in [-0.15, -0.1) is 0 Å². The van der Waals surface area contributed by atoms with Crippen LogP contribution in [0.2, 0.25) is 0 Å². The molecule has 0 aromatic carbocycles. The summed E-state index contributed by atoms with van der Waals surface area (Å²) >= 11 is 0. The summed E-state index contributed by atoms with van der Waals surface area (Å²) in [5.74, 6) is 2.42. The van der Waals surface area contributed by atoms with E-state index in [1.807, 2.05) is 0 Å². The minimum atomic E-state index is 0.210. The molecule has 2 heteroatoms. The highest BCUT2D eigenvalue weighted by atomic mass is 15.3. The molecule has 15 heavy (non-hydrogen) atoms. The summed E-state index contributed by atoms with van der Waals surface area (Å²) in [6.07, 6.45) is 6.41. The molecule has 1 heterocycles. The van der Waals surface area contributed by atoms with Gasteiger partial charge >= 0.3 is 0 Å². The molecule has 3 rings (SSSR count). The maximum atomic E-state index is 4.55. The zero-order valence-corrected chi connectivity index (χ0v) is 9.88. The van der Waals surface area contributed by atoms with Crippen LogP contribution in [0, 0.1) is 23.2 Å². The molecule has 0 aromatic heterocycles. The average molecular weight is 204 g/mol. The van der Waals surface area contributed by atoms with Crippen LogP contribution in [0.3, 0.4) is 0 Å². The summed E-state index contributed by atoms with van der Waals surface area (Å²) < 4.78 is 0. The number of hydrogen-bond acceptors (Lipinski definition) is 2. The van der Waals surface area contributed by atoms with Gasteiger partial charge < -0.3 is 0 Å². The van der Waals surface area contributed by atoms with E-state index in [1.165, 1.54) is 25.0 Å². The summed E-state index contributed by atoms with van der Waals surface area (Å²) in [6.45, 7) is 6.84. The van der Waals surface area contributed by atoms with E-state index >= 15 is 0 Å². The Morgan fingerprint density at radius 3 is 2.87 bits per heavy atom. The summed E-state index contributed by atoms with van der Waals surface area (Å²) in [7, 11) is 0. The zero-order chi connectivity index (χ0) is 10.6. The summed E-state index contributed by atoms with van der Waals surface area (Å²) in [5, 5.41) is 4.55. The van der Waals surface area contributed by atoms with Gasteiger partial charge in [0, 0.05) is 17.5 Å². The van der Waals surface area contributed by atoms with E-state index in [-0.39, 0.29) is 5.41 Å². The molecule has 3 unspecified atom stereocenters. The van der Waals surface area contributed by atoms with E-state index in [0.29, 0.717) is 5.92 Å². The fourth-order valence-corrected chi connectivity index (χ4v) is 3.62. The lowest BCUT2D eigenvalue weighted by atomic mass is 9.72. The van der Waals surface area contributed by atoms with Crippen molar-refractivity contribution >= 4 is 5.71 Å². The Morgan fingerprint density at radius 2 is 2.13 bits per heavy atom. The SMILES string of the molecule is CC(C)(C)C1=NNC=C2C3CCC(C3)C21. The second kappa shape index (κ2) is 2.87. The second-order valence-electron chi connectivity index (χ2n) is 6.27. The minimum absolute atomic E-state index is 0.210. The summed E-state index contributed by atoms with van der Waals surface area (Å²) in [4.78, 5) is 0. The molecule has 1 N–H and O–H groups in total. The predicted molar refractivity (Wildman–Crippen MR) is 62.4 cm³/mol. The summed E-state index contributed by atoms with van der Waals surface area (Å²) in [5.41, 5.74) is 6.36. The van der Waals surface area contributed by atoms with Crippen molar-refractivity contribution in [2.45, 2.75) is 40.0 Å². The molecular formula is C13H20N2. The fraction of sp³-hybridized carbons (Fsp3) is 0.769. The van der Waals surface area contributed by atoms with Gasteiger partial charge in [0.05, 0.1) is 5.71 Å². The largest absolute Gasteiger partial charge is 0.286 e. The maximum Gasteiger partial charge on any atom is 0.0510 e. The molecule has 3 atom stereocenters. The van der Waals surface area contributed by atoms with Crippen LogP contribution < -0.4 is 5.43 Å². The van der Waals surface area contributed by atoms with Crippen molar-refractivity contribution < 1.29 is 0 Å². The third-order valence-electron chi connectivity index (χ3n) is 4.25. The van der Waals surface area contributed by atoms with Crippen molar-refractivity contribution in [1.29, 1.82) is 0 Å². The van der Waals surface area contributed by atoms with E-state index in [1.54, 1.807) is 5.57 Å². The van der Waals surface area contributed by atoms with Crippen molar-refractivity contribution in [3.8, 4) is 0 Å². The zero-order valence-electron chi connectivity index (χ0n) is 9.88. The number of rotatable bonds is 0. The van der Waals surface area contributed by atoms with Crippen molar-refractivity contribution in [2.75, 3.05) is 0 Å². The molecule has 0 amide bonds. The molecule has 0 saturated heterocycles. The van der Waals surface area contributed by atoms with Crippen LogP contribution in [-0.4, -0.2) is 5.71 Å². The van der Waals surface area contributed by atoms with Crippen LogP contribution in [0.25, 0.3) is 0 Å². The third-order valence-corrected chi connectivity index (χ3v) is 4.25. The standard InChI is InChI=1S/C13H20N2/c1-13(2,3)12-11-9-5-4-8(6-9)10(11)7-14-15-12/h7-9,11,14H,4-6H2,1-3H3. The Kier molecular flexibility index (Phi) is 1.80. The van der Waals surface area contributed by atoms with E-state index < -0.39 is 0 Å². The second-order valence-corrected chi connectivity index (χ2v) is 6.27. The number of nitrogens with one attached hydrogen (secondary N) is 1. The Morgan fingerprint density at radius 1 is 1.33 bits per heavy atom. The van der Waals surface area contributed by atoms with E-state index in [0.717, 1.165) is 11.8 Å². The summed E-state index contributed by atoms with van der Waals surface area (Å²) in [6, 6.07) is 0. The van der Waals surface area contributed by atoms with Crippen molar-refractivity contribution in [3.63, 3.8) is 0 Å². The highest BCUT2D eigenvalue weighted by Gasteiger charge is 2.48. The molecule has 0 aromatic rings. The molecule has 0 radical (unpaired) electrons. The lowest BCUT2D eigenvalue weighted by Crippen LogP contribution is -2.37. The van der Waals surface area contributed by atoms with Gasteiger partial charge in [0.15, 0.2) is 0 Å². The first-order valence-electron chi connectivity index (χ1n) is 6.11. The number of hydrogen-bond donors (Lipinski definition) is 1. The number of nitrogens with zero attached hydrogens (tertiary/aromatic N) is 1. The quantitative estimate of drug-likeness (QED) is 0.644. The number of hydrazone groups is 1. The molecule has 2 saturated carbocycles. The first kappa shape index (κ1) is 9.44. The predicted octanol–water partition coefficient (Wildman–Crippen LogP) is 2.92.